The molecule has 0 spiro atoms. The van der Waals surface area contributed by atoms with Gasteiger partial charge in [-0.05, 0) is 41.0 Å². The van der Waals surface area contributed by atoms with Crippen LogP contribution >= 0.6 is 11.6 Å². The van der Waals surface area contributed by atoms with E-state index in [0.717, 1.165) is 28.1 Å². The second kappa shape index (κ2) is 10.3. The molecule has 38 heavy (non-hydrogen) atoms. The van der Waals surface area contributed by atoms with E-state index in [4.69, 9.17) is 21.6 Å². The summed E-state index contributed by atoms with van der Waals surface area (Å²) in [7, 11) is 0. The lowest BCUT2D eigenvalue weighted by Crippen LogP contribution is -2.36. The van der Waals surface area contributed by atoms with E-state index < -0.39 is 5.54 Å². The van der Waals surface area contributed by atoms with E-state index in [1.165, 1.54) is 0 Å². The van der Waals surface area contributed by atoms with Crippen LogP contribution in [0.25, 0.3) is 11.4 Å². The first-order valence-corrected chi connectivity index (χ1v) is 12.7. The van der Waals surface area contributed by atoms with E-state index in [2.05, 4.69) is 93.9 Å². The van der Waals surface area contributed by atoms with Gasteiger partial charge in [0.15, 0.2) is 0 Å². The van der Waals surface area contributed by atoms with Gasteiger partial charge in [-0.3, -0.25) is 0 Å². The Morgan fingerprint density at radius 2 is 1.24 bits per heavy atom. The number of nitrogens with one attached hydrogen (secondary N) is 1. The fourth-order valence-corrected chi connectivity index (χ4v) is 5.07. The number of benzene rings is 4. The number of nitrogens with zero attached hydrogens (tertiary/aromatic N) is 4. The summed E-state index contributed by atoms with van der Waals surface area (Å²) in [5, 5.41) is 3.87. The highest BCUT2D eigenvalue weighted by molar-refractivity contribution is 6.30. The predicted molar refractivity (Wildman–Crippen MR) is 153 cm³/mol. The Morgan fingerprint density at radius 1 is 0.632 bits per heavy atom. The minimum absolute atomic E-state index is 0.472. The second-order valence-electron chi connectivity index (χ2n) is 8.88. The largest absolute Gasteiger partial charge is 0.324 e. The van der Waals surface area contributed by atoms with Crippen LogP contribution in [0.2, 0.25) is 5.02 Å². The van der Waals surface area contributed by atoms with Crippen LogP contribution in [0.5, 0.6) is 0 Å². The smallest absolute Gasteiger partial charge is 0.227 e. The molecule has 2 heterocycles. The maximum absolute atomic E-state index is 6.14. The Hall–Kier alpha value is -4.74. The van der Waals surface area contributed by atoms with Crippen molar-refractivity contribution in [1.82, 2.24) is 19.5 Å². The molecule has 0 atom stereocenters. The van der Waals surface area contributed by atoms with Crippen LogP contribution in [0, 0.1) is 0 Å². The van der Waals surface area contributed by atoms with E-state index in [1.807, 2.05) is 54.9 Å². The number of imidazole rings is 1. The molecule has 6 heteroatoms. The molecule has 0 saturated carbocycles. The molecule has 1 N–H and O–H groups in total. The summed E-state index contributed by atoms with van der Waals surface area (Å²) in [6.07, 6.45) is 5.67. The minimum Gasteiger partial charge on any atom is -0.324 e. The summed E-state index contributed by atoms with van der Waals surface area (Å²) < 4.78 is 2.18. The van der Waals surface area contributed by atoms with Crippen molar-refractivity contribution in [3.8, 4) is 11.4 Å². The lowest BCUT2D eigenvalue weighted by Gasteiger charge is -2.37. The van der Waals surface area contributed by atoms with E-state index in [0.29, 0.717) is 16.7 Å². The molecule has 0 unspecified atom stereocenters. The number of aromatic nitrogens is 4. The highest BCUT2D eigenvalue weighted by Crippen LogP contribution is 2.41. The van der Waals surface area contributed by atoms with Gasteiger partial charge in [-0.1, -0.05) is 109 Å². The standard InChI is InChI=1S/C32H24ClN5/c33-27-17-10-18-28(21-27)36-31-34-20-19-29(37-31)30-22-38(23-35-30)32(24-11-4-1-5-12-24,25-13-6-2-7-14-25)26-15-8-3-9-16-26/h1-23H,(H,34,36,37). The molecule has 2 aromatic heterocycles. The van der Waals surface area contributed by atoms with Gasteiger partial charge in [-0.2, -0.15) is 0 Å². The normalized spacial score (nSPS) is 11.3. The highest BCUT2D eigenvalue weighted by atomic mass is 35.5. The molecule has 6 rings (SSSR count). The van der Waals surface area contributed by atoms with Crippen molar-refractivity contribution in [2.45, 2.75) is 5.54 Å². The van der Waals surface area contributed by atoms with Crippen LogP contribution in [0.1, 0.15) is 16.7 Å². The van der Waals surface area contributed by atoms with Crippen LogP contribution in [-0.2, 0) is 5.54 Å². The molecule has 0 aliphatic carbocycles. The Balaban J connectivity index is 1.48. The fraction of sp³-hybridized carbons (Fsp3) is 0.0312. The Bertz CT molecular complexity index is 1550. The van der Waals surface area contributed by atoms with Gasteiger partial charge in [0.25, 0.3) is 0 Å². The first kappa shape index (κ1) is 23.6. The summed E-state index contributed by atoms with van der Waals surface area (Å²) in [5.41, 5.74) is 5.03. The number of rotatable bonds is 7. The molecular formula is C32H24ClN5. The van der Waals surface area contributed by atoms with E-state index in [9.17, 15) is 0 Å². The molecular weight excluding hydrogens is 490 g/mol. The summed E-state index contributed by atoms with van der Waals surface area (Å²) in [6, 6.07) is 40.9. The monoisotopic (exact) mass is 513 g/mol. The van der Waals surface area contributed by atoms with Crippen molar-refractivity contribution in [3.05, 3.63) is 162 Å². The molecule has 0 fully saturated rings. The highest BCUT2D eigenvalue weighted by Gasteiger charge is 2.38. The molecule has 0 aliphatic rings. The quantitative estimate of drug-likeness (QED) is 0.223. The predicted octanol–water partition coefficient (Wildman–Crippen LogP) is 7.58. The summed E-state index contributed by atoms with van der Waals surface area (Å²) in [4.78, 5) is 13.9. The molecule has 0 bridgehead atoms. The van der Waals surface area contributed by atoms with Crippen LogP contribution in [-0.4, -0.2) is 19.5 Å². The van der Waals surface area contributed by atoms with Crippen molar-refractivity contribution in [2.75, 3.05) is 5.32 Å². The second-order valence-corrected chi connectivity index (χ2v) is 9.31. The molecule has 184 valence electrons. The van der Waals surface area contributed by atoms with Crippen molar-refractivity contribution in [2.24, 2.45) is 0 Å². The van der Waals surface area contributed by atoms with Gasteiger partial charge in [-0.15, -0.1) is 0 Å². The summed E-state index contributed by atoms with van der Waals surface area (Å²) >= 11 is 6.14. The van der Waals surface area contributed by atoms with Crippen molar-refractivity contribution >= 4 is 23.2 Å². The Morgan fingerprint density at radius 3 is 1.82 bits per heavy atom. The molecule has 0 radical (unpaired) electrons. The van der Waals surface area contributed by atoms with E-state index in [-0.39, 0.29) is 0 Å². The topological polar surface area (TPSA) is 55.6 Å². The number of hydrogen-bond donors (Lipinski definition) is 1. The summed E-state index contributed by atoms with van der Waals surface area (Å²) in [5.74, 6) is 0.472. The number of hydrogen-bond acceptors (Lipinski definition) is 4. The molecule has 0 saturated heterocycles. The lowest BCUT2D eigenvalue weighted by molar-refractivity contribution is 0.515. The first-order valence-electron chi connectivity index (χ1n) is 12.3. The van der Waals surface area contributed by atoms with Gasteiger partial charge in [-0.25, -0.2) is 15.0 Å². The molecule has 4 aromatic carbocycles. The van der Waals surface area contributed by atoms with Crippen molar-refractivity contribution in [1.29, 1.82) is 0 Å². The van der Waals surface area contributed by atoms with Gasteiger partial charge in [0.05, 0.1) is 12.0 Å². The lowest BCUT2D eigenvalue weighted by atomic mass is 9.77. The number of anilines is 2. The zero-order valence-electron chi connectivity index (χ0n) is 20.4. The van der Waals surface area contributed by atoms with Gasteiger partial charge >= 0.3 is 0 Å². The van der Waals surface area contributed by atoms with Crippen LogP contribution < -0.4 is 5.32 Å². The Labute approximate surface area is 226 Å². The average molecular weight is 514 g/mol. The third-order valence-electron chi connectivity index (χ3n) is 6.54. The zero-order valence-corrected chi connectivity index (χ0v) is 21.2. The van der Waals surface area contributed by atoms with Gasteiger partial charge in [0.2, 0.25) is 5.95 Å². The third kappa shape index (κ3) is 4.44. The van der Waals surface area contributed by atoms with Gasteiger partial charge in [0, 0.05) is 23.1 Å². The molecule has 0 amide bonds. The van der Waals surface area contributed by atoms with Crippen LogP contribution in [0.4, 0.5) is 11.6 Å². The van der Waals surface area contributed by atoms with E-state index >= 15 is 0 Å². The van der Waals surface area contributed by atoms with Crippen molar-refractivity contribution < 1.29 is 0 Å². The molecule has 5 nitrogen and oxygen atoms in total. The first-order chi connectivity index (χ1) is 18.7. The maximum atomic E-state index is 6.14. The van der Waals surface area contributed by atoms with E-state index in [1.54, 1.807) is 6.20 Å². The molecule has 6 aromatic rings. The van der Waals surface area contributed by atoms with Crippen LogP contribution in [0.3, 0.4) is 0 Å². The van der Waals surface area contributed by atoms with Gasteiger partial charge < -0.3 is 9.88 Å². The minimum atomic E-state index is -0.635. The van der Waals surface area contributed by atoms with Gasteiger partial charge in [0.1, 0.15) is 11.2 Å². The Kier molecular flexibility index (Phi) is 6.42. The summed E-state index contributed by atoms with van der Waals surface area (Å²) in [6.45, 7) is 0. The molecule has 0 aliphatic heterocycles. The number of halogens is 1. The fourth-order valence-electron chi connectivity index (χ4n) is 4.88. The third-order valence-corrected chi connectivity index (χ3v) is 6.78. The SMILES string of the molecule is Clc1cccc(Nc2nccc(-c3cn(C(c4ccccc4)(c4ccccc4)c4ccccc4)cn3)n2)c1. The van der Waals surface area contributed by atoms with Crippen LogP contribution in [0.15, 0.2) is 140 Å². The maximum Gasteiger partial charge on any atom is 0.227 e. The van der Waals surface area contributed by atoms with Crippen molar-refractivity contribution in [3.63, 3.8) is 0 Å². The zero-order chi connectivity index (χ0) is 25.8. The average Bonchev–Trinajstić information content (AvgIpc) is 3.46.